The van der Waals surface area contributed by atoms with Gasteiger partial charge in [-0.2, -0.15) is 0 Å². The van der Waals surface area contributed by atoms with E-state index in [2.05, 4.69) is 5.32 Å². The summed E-state index contributed by atoms with van der Waals surface area (Å²) in [6.45, 7) is 4.31. The monoisotopic (exact) mass is 310 g/mol. The molecule has 3 nitrogen and oxygen atoms in total. The zero-order chi connectivity index (χ0) is 12.7. The van der Waals surface area contributed by atoms with Gasteiger partial charge >= 0.3 is 0 Å². The predicted octanol–water partition coefficient (Wildman–Crippen LogP) is 3.17. The average Bonchev–Trinajstić information content (AvgIpc) is 2.72. The summed E-state index contributed by atoms with van der Waals surface area (Å²) in [5.41, 5.74) is 0. The zero-order valence-electron chi connectivity index (χ0n) is 10.7. The van der Waals surface area contributed by atoms with Crippen LogP contribution < -0.4 is 5.32 Å². The lowest BCUT2D eigenvalue weighted by Crippen LogP contribution is -2.30. The molecule has 0 aliphatic carbocycles. The second kappa shape index (κ2) is 9.62. The van der Waals surface area contributed by atoms with Gasteiger partial charge in [0, 0.05) is 17.8 Å². The molecule has 0 atom stereocenters. The Kier molecular flexibility index (Phi) is 9.46. The van der Waals surface area contributed by atoms with Crippen LogP contribution in [-0.2, 0) is 11.3 Å². The largest absolute Gasteiger partial charge is 0.338 e. The molecule has 6 heteroatoms. The van der Waals surface area contributed by atoms with Crippen LogP contribution in [0.5, 0.6) is 0 Å². The van der Waals surface area contributed by atoms with E-state index in [1.807, 2.05) is 31.0 Å². The topological polar surface area (TPSA) is 32.3 Å². The van der Waals surface area contributed by atoms with E-state index in [-0.39, 0.29) is 18.3 Å². The lowest BCUT2D eigenvalue weighted by molar-refractivity contribution is -0.131. The minimum atomic E-state index is 0. The number of hydrogen-bond donors (Lipinski definition) is 1. The average molecular weight is 311 g/mol. The van der Waals surface area contributed by atoms with Crippen LogP contribution in [0.15, 0.2) is 12.1 Å². The highest BCUT2D eigenvalue weighted by atomic mass is 35.5. The van der Waals surface area contributed by atoms with E-state index in [9.17, 15) is 4.79 Å². The molecule has 18 heavy (non-hydrogen) atoms. The Morgan fingerprint density at radius 2 is 2.22 bits per heavy atom. The lowest BCUT2D eigenvalue weighted by atomic mass is 10.2. The fourth-order valence-electron chi connectivity index (χ4n) is 1.58. The van der Waals surface area contributed by atoms with Gasteiger partial charge in [-0.1, -0.05) is 11.6 Å². The van der Waals surface area contributed by atoms with Gasteiger partial charge in [-0.05, 0) is 39.1 Å². The highest BCUT2D eigenvalue weighted by molar-refractivity contribution is 7.16. The van der Waals surface area contributed by atoms with Crippen molar-refractivity contribution in [1.29, 1.82) is 0 Å². The summed E-state index contributed by atoms with van der Waals surface area (Å²) < 4.78 is 0.777. The summed E-state index contributed by atoms with van der Waals surface area (Å²) in [6, 6.07) is 3.86. The van der Waals surface area contributed by atoms with Crippen molar-refractivity contribution < 1.29 is 4.79 Å². The number of thiophene rings is 1. The van der Waals surface area contributed by atoms with Gasteiger partial charge in [0.15, 0.2) is 0 Å². The second-order valence-electron chi connectivity index (χ2n) is 3.82. The molecule has 0 fully saturated rings. The molecule has 0 bridgehead atoms. The minimum absolute atomic E-state index is 0. The minimum Gasteiger partial charge on any atom is -0.338 e. The number of amides is 1. The number of carbonyl (C=O) groups excluding carboxylic acids is 1. The van der Waals surface area contributed by atoms with Gasteiger partial charge in [-0.15, -0.1) is 23.7 Å². The number of halogens is 2. The first-order chi connectivity index (χ1) is 8.17. The second-order valence-corrected chi connectivity index (χ2v) is 5.62. The van der Waals surface area contributed by atoms with Crippen LogP contribution in [-0.4, -0.2) is 30.9 Å². The number of carbonyl (C=O) groups is 1. The first-order valence-electron chi connectivity index (χ1n) is 5.84. The van der Waals surface area contributed by atoms with E-state index in [1.54, 1.807) is 0 Å². The third-order valence-electron chi connectivity index (χ3n) is 2.53. The molecule has 0 saturated carbocycles. The molecular formula is C12H20Cl2N2OS. The summed E-state index contributed by atoms with van der Waals surface area (Å²) in [6.07, 6.45) is 1.49. The number of hydrogen-bond acceptors (Lipinski definition) is 3. The zero-order valence-corrected chi connectivity index (χ0v) is 13.1. The van der Waals surface area contributed by atoms with Crippen molar-refractivity contribution in [2.45, 2.75) is 26.3 Å². The van der Waals surface area contributed by atoms with Gasteiger partial charge in [-0.25, -0.2) is 0 Å². The van der Waals surface area contributed by atoms with Crippen LogP contribution in [0.4, 0.5) is 0 Å². The third kappa shape index (κ3) is 6.05. The SMILES string of the molecule is CCN(Cc1ccc(Cl)s1)C(=O)CCCNC.Cl. The Morgan fingerprint density at radius 1 is 1.50 bits per heavy atom. The molecule has 1 aromatic heterocycles. The Hall–Kier alpha value is -0.290. The van der Waals surface area contributed by atoms with Crippen LogP contribution in [0, 0.1) is 0 Å². The van der Waals surface area contributed by atoms with Crippen LogP contribution in [0.2, 0.25) is 4.34 Å². The fourth-order valence-corrected chi connectivity index (χ4v) is 2.68. The molecule has 0 aliphatic rings. The number of nitrogens with zero attached hydrogens (tertiary/aromatic N) is 1. The summed E-state index contributed by atoms with van der Waals surface area (Å²) in [5.74, 6) is 0.215. The Morgan fingerprint density at radius 3 is 2.72 bits per heavy atom. The van der Waals surface area contributed by atoms with Crippen LogP contribution >= 0.6 is 35.3 Å². The van der Waals surface area contributed by atoms with E-state index in [0.29, 0.717) is 13.0 Å². The maximum atomic E-state index is 11.9. The molecule has 1 rings (SSSR count). The molecule has 0 unspecified atom stereocenters. The summed E-state index contributed by atoms with van der Waals surface area (Å²) >= 11 is 7.41. The molecule has 0 aliphatic heterocycles. The molecule has 1 aromatic rings. The van der Waals surface area contributed by atoms with Gasteiger partial charge in [0.2, 0.25) is 5.91 Å². The molecule has 1 N–H and O–H groups in total. The van der Waals surface area contributed by atoms with Gasteiger partial charge < -0.3 is 10.2 Å². The lowest BCUT2D eigenvalue weighted by Gasteiger charge is -2.20. The van der Waals surface area contributed by atoms with Crippen molar-refractivity contribution in [3.05, 3.63) is 21.3 Å². The normalized spacial score (nSPS) is 9.94. The molecule has 1 heterocycles. The highest BCUT2D eigenvalue weighted by Crippen LogP contribution is 2.22. The van der Waals surface area contributed by atoms with E-state index < -0.39 is 0 Å². The van der Waals surface area contributed by atoms with Gasteiger partial charge in [0.25, 0.3) is 0 Å². The van der Waals surface area contributed by atoms with Gasteiger partial charge in [-0.3, -0.25) is 4.79 Å². The van der Waals surface area contributed by atoms with Crippen LogP contribution in [0.1, 0.15) is 24.6 Å². The molecule has 0 aromatic carbocycles. The van der Waals surface area contributed by atoms with Crippen molar-refractivity contribution in [1.82, 2.24) is 10.2 Å². The van der Waals surface area contributed by atoms with E-state index in [0.717, 1.165) is 28.7 Å². The van der Waals surface area contributed by atoms with Crippen LogP contribution in [0.25, 0.3) is 0 Å². The number of nitrogens with one attached hydrogen (secondary N) is 1. The first kappa shape index (κ1) is 17.7. The first-order valence-corrected chi connectivity index (χ1v) is 7.03. The van der Waals surface area contributed by atoms with Gasteiger partial charge in [0.1, 0.15) is 0 Å². The Bertz CT molecular complexity index is 358. The quantitative estimate of drug-likeness (QED) is 0.785. The highest BCUT2D eigenvalue weighted by Gasteiger charge is 2.12. The van der Waals surface area contributed by atoms with E-state index >= 15 is 0 Å². The molecule has 0 spiro atoms. The van der Waals surface area contributed by atoms with Crippen molar-refractivity contribution >= 4 is 41.3 Å². The van der Waals surface area contributed by atoms with E-state index in [4.69, 9.17) is 11.6 Å². The fraction of sp³-hybridized carbons (Fsp3) is 0.583. The summed E-state index contributed by atoms with van der Waals surface area (Å²) in [5, 5.41) is 3.05. The molecule has 0 radical (unpaired) electrons. The summed E-state index contributed by atoms with van der Waals surface area (Å²) in [7, 11) is 1.90. The number of rotatable bonds is 7. The van der Waals surface area contributed by atoms with Gasteiger partial charge in [0.05, 0.1) is 10.9 Å². The standard InChI is InChI=1S/C12H19ClN2OS.ClH/c1-3-15(12(16)5-4-8-14-2)9-10-6-7-11(13)17-10;/h6-7,14H,3-5,8-9H2,1-2H3;1H. The third-order valence-corrected chi connectivity index (χ3v) is 3.74. The smallest absolute Gasteiger partial charge is 0.222 e. The van der Waals surface area contributed by atoms with Crippen molar-refractivity contribution in [3.63, 3.8) is 0 Å². The predicted molar refractivity (Wildman–Crippen MR) is 80.8 cm³/mol. The molecule has 104 valence electrons. The molecular weight excluding hydrogens is 291 g/mol. The Balaban J connectivity index is 0.00000289. The van der Waals surface area contributed by atoms with Crippen molar-refractivity contribution in [2.24, 2.45) is 0 Å². The van der Waals surface area contributed by atoms with E-state index in [1.165, 1.54) is 11.3 Å². The molecule has 1 amide bonds. The summed E-state index contributed by atoms with van der Waals surface area (Å²) in [4.78, 5) is 14.9. The van der Waals surface area contributed by atoms with Crippen LogP contribution in [0.3, 0.4) is 0 Å². The van der Waals surface area contributed by atoms with Crippen molar-refractivity contribution in [2.75, 3.05) is 20.1 Å². The van der Waals surface area contributed by atoms with Crippen molar-refractivity contribution in [3.8, 4) is 0 Å². The maximum Gasteiger partial charge on any atom is 0.222 e. The maximum absolute atomic E-state index is 11.9. The Labute approximate surface area is 124 Å². The molecule has 0 saturated heterocycles.